The first-order chi connectivity index (χ1) is 13.5. The lowest BCUT2D eigenvalue weighted by molar-refractivity contribution is 0.0702. The van der Waals surface area contributed by atoms with Gasteiger partial charge in [-0.2, -0.15) is 0 Å². The second-order valence-corrected chi connectivity index (χ2v) is 7.60. The van der Waals surface area contributed by atoms with Crippen LogP contribution in [0.15, 0.2) is 42.6 Å². The molecule has 1 fully saturated rings. The van der Waals surface area contributed by atoms with E-state index in [-0.39, 0.29) is 17.8 Å². The molecule has 150 valence electrons. The monoisotopic (exact) mass is 385 g/mol. The summed E-state index contributed by atoms with van der Waals surface area (Å²) in [5, 5.41) is 0. The van der Waals surface area contributed by atoms with Crippen molar-refractivity contribution in [3.8, 4) is 5.88 Å². The summed E-state index contributed by atoms with van der Waals surface area (Å²) in [6.45, 7) is 7.42. The van der Waals surface area contributed by atoms with E-state index in [9.17, 15) is 9.18 Å². The molecular weight excluding hydrogens is 357 g/mol. The molecule has 28 heavy (non-hydrogen) atoms. The highest BCUT2D eigenvalue weighted by Gasteiger charge is 2.30. The van der Waals surface area contributed by atoms with Crippen LogP contribution >= 0.6 is 0 Å². The Morgan fingerprint density at radius 2 is 2.00 bits per heavy atom. The number of pyridine rings is 1. The van der Waals surface area contributed by atoms with Crippen LogP contribution in [0, 0.1) is 11.7 Å². The molecular formula is C22H28FN3O2. The van der Waals surface area contributed by atoms with E-state index in [4.69, 9.17) is 4.74 Å². The van der Waals surface area contributed by atoms with Gasteiger partial charge >= 0.3 is 0 Å². The maximum atomic E-state index is 13.2. The van der Waals surface area contributed by atoms with Gasteiger partial charge < -0.3 is 9.64 Å². The fourth-order valence-corrected chi connectivity index (χ4v) is 3.74. The van der Waals surface area contributed by atoms with Crippen LogP contribution in [0.4, 0.5) is 4.39 Å². The summed E-state index contributed by atoms with van der Waals surface area (Å²) in [7, 11) is 1.55. The summed E-state index contributed by atoms with van der Waals surface area (Å²) < 4.78 is 18.4. The average Bonchev–Trinajstić information content (AvgIpc) is 2.92. The van der Waals surface area contributed by atoms with Crippen LogP contribution in [0.25, 0.3) is 0 Å². The number of aromatic nitrogens is 1. The molecule has 0 spiro atoms. The molecule has 1 aromatic carbocycles. The van der Waals surface area contributed by atoms with Crippen molar-refractivity contribution in [1.82, 2.24) is 14.8 Å². The summed E-state index contributed by atoms with van der Waals surface area (Å²) in [4.78, 5) is 21.5. The van der Waals surface area contributed by atoms with Gasteiger partial charge in [0.15, 0.2) is 0 Å². The number of hydrogen-bond acceptors (Lipinski definition) is 4. The van der Waals surface area contributed by atoms with E-state index < -0.39 is 0 Å². The zero-order valence-electron chi connectivity index (χ0n) is 16.8. The number of methoxy groups -OCH3 is 1. The fourth-order valence-electron chi connectivity index (χ4n) is 3.74. The Hall–Kier alpha value is -2.47. The molecule has 1 aromatic heterocycles. The molecule has 0 radical (unpaired) electrons. The van der Waals surface area contributed by atoms with Crippen molar-refractivity contribution in [2.24, 2.45) is 5.92 Å². The lowest BCUT2D eigenvalue weighted by Gasteiger charge is -2.34. The van der Waals surface area contributed by atoms with Gasteiger partial charge in [0, 0.05) is 50.0 Å². The van der Waals surface area contributed by atoms with Gasteiger partial charge in [-0.15, -0.1) is 0 Å². The molecule has 0 saturated carbocycles. The second kappa shape index (κ2) is 9.15. The number of amides is 1. The summed E-state index contributed by atoms with van der Waals surface area (Å²) in [5.74, 6) is 0.624. The standard InChI is InChI=1S/C22H28FN3O2/c1-16(2)20-15-26(22(27)18-9-10-24-21(13-18)28-3)12-4-11-25(20)14-17-5-7-19(23)8-6-17/h5-10,13,16,20H,4,11-12,14-15H2,1-3H3/t20-/m1/s1. The van der Waals surface area contributed by atoms with Gasteiger partial charge in [0.1, 0.15) is 5.82 Å². The van der Waals surface area contributed by atoms with Gasteiger partial charge in [0.05, 0.1) is 7.11 Å². The minimum Gasteiger partial charge on any atom is -0.481 e. The fraction of sp³-hybridized carbons (Fsp3) is 0.455. The second-order valence-electron chi connectivity index (χ2n) is 7.60. The number of ether oxygens (including phenoxy) is 1. The third kappa shape index (κ3) is 4.87. The molecule has 1 amide bonds. The first-order valence-corrected chi connectivity index (χ1v) is 9.75. The lowest BCUT2D eigenvalue weighted by atomic mass is 10.0. The van der Waals surface area contributed by atoms with E-state index in [1.165, 1.54) is 12.1 Å². The van der Waals surface area contributed by atoms with Crippen LogP contribution in [0.3, 0.4) is 0 Å². The van der Waals surface area contributed by atoms with Crippen LogP contribution in [0.2, 0.25) is 0 Å². The van der Waals surface area contributed by atoms with E-state index >= 15 is 0 Å². The quantitative estimate of drug-likeness (QED) is 0.789. The maximum Gasteiger partial charge on any atom is 0.254 e. The number of rotatable bonds is 5. The molecule has 3 rings (SSSR count). The number of hydrogen-bond donors (Lipinski definition) is 0. The zero-order valence-corrected chi connectivity index (χ0v) is 16.8. The van der Waals surface area contributed by atoms with Crippen LogP contribution in [-0.2, 0) is 6.54 Å². The number of carbonyl (C=O) groups is 1. The van der Waals surface area contributed by atoms with Crippen molar-refractivity contribution in [3.05, 3.63) is 59.5 Å². The largest absolute Gasteiger partial charge is 0.481 e. The van der Waals surface area contributed by atoms with Crippen molar-refractivity contribution in [3.63, 3.8) is 0 Å². The molecule has 1 aliphatic rings. The Balaban J connectivity index is 1.76. The molecule has 0 aliphatic carbocycles. The molecule has 1 saturated heterocycles. The van der Waals surface area contributed by atoms with Gasteiger partial charge in [-0.3, -0.25) is 9.69 Å². The molecule has 2 aromatic rings. The van der Waals surface area contributed by atoms with Gasteiger partial charge in [0.25, 0.3) is 5.91 Å². The Labute approximate surface area is 166 Å². The van der Waals surface area contributed by atoms with Crippen molar-refractivity contribution >= 4 is 5.91 Å². The van der Waals surface area contributed by atoms with E-state index in [0.29, 0.717) is 30.5 Å². The number of nitrogens with zero attached hydrogens (tertiary/aromatic N) is 3. The van der Waals surface area contributed by atoms with Crippen molar-refractivity contribution in [2.75, 3.05) is 26.7 Å². The Morgan fingerprint density at radius 1 is 1.25 bits per heavy atom. The summed E-state index contributed by atoms with van der Waals surface area (Å²) >= 11 is 0. The predicted octanol–water partition coefficient (Wildman–Crippen LogP) is 3.60. The third-order valence-corrected chi connectivity index (χ3v) is 5.30. The molecule has 5 nitrogen and oxygen atoms in total. The van der Waals surface area contributed by atoms with Crippen LogP contribution in [0.5, 0.6) is 5.88 Å². The van der Waals surface area contributed by atoms with Crippen molar-refractivity contribution in [2.45, 2.75) is 32.9 Å². The van der Waals surface area contributed by atoms with E-state index in [1.54, 1.807) is 25.4 Å². The highest BCUT2D eigenvalue weighted by atomic mass is 19.1. The van der Waals surface area contributed by atoms with E-state index in [1.807, 2.05) is 17.0 Å². The predicted molar refractivity (Wildman–Crippen MR) is 107 cm³/mol. The Morgan fingerprint density at radius 3 is 2.68 bits per heavy atom. The minimum atomic E-state index is -0.218. The van der Waals surface area contributed by atoms with Gasteiger partial charge in [-0.05, 0) is 36.1 Å². The van der Waals surface area contributed by atoms with Crippen LogP contribution < -0.4 is 4.74 Å². The topological polar surface area (TPSA) is 45.7 Å². The Bertz CT molecular complexity index is 795. The number of benzene rings is 1. The van der Waals surface area contributed by atoms with Crippen molar-refractivity contribution < 1.29 is 13.9 Å². The maximum absolute atomic E-state index is 13.2. The average molecular weight is 385 g/mol. The summed E-state index contributed by atoms with van der Waals surface area (Å²) in [6.07, 6.45) is 2.50. The molecule has 0 N–H and O–H groups in total. The van der Waals surface area contributed by atoms with Crippen LogP contribution in [0.1, 0.15) is 36.2 Å². The van der Waals surface area contributed by atoms with E-state index in [2.05, 4.69) is 23.7 Å². The van der Waals surface area contributed by atoms with Gasteiger partial charge in [-0.1, -0.05) is 26.0 Å². The summed E-state index contributed by atoms with van der Waals surface area (Å²) in [6, 6.07) is 10.3. The Kier molecular flexibility index (Phi) is 6.62. The number of halogens is 1. The molecule has 0 unspecified atom stereocenters. The first-order valence-electron chi connectivity index (χ1n) is 9.75. The van der Waals surface area contributed by atoms with Gasteiger partial charge in [-0.25, -0.2) is 9.37 Å². The third-order valence-electron chi connectivity index (χ3n) is 5.30. The minimum absolute atomic E-state index is 0.00924. The smallest absolute Gasteiger partial charge is 0.254 e. The molecule has 1 aliphatic heterocycles. The highest BCUT2D eigenvalue weighted by molar-refractivity contribution is 5.94. The van der Waals surface area contributed by atoms with E-state index in [0.717, 1.165) is 25.1 Å². The van der Waals surface area contributed by atoms with Crippen molar-refractivity contribution in [1.29, 1.82) is 0 Å². The molecule has 2 heterocycles. The first kappa shape index (κ1) is 20.3. The normalized spacial score (nSPS) is 18.2. The summed E-state index contributed by atoms with van der Waals surface area (Å²) in [5.41, 5.74) is 1.69. The lowest BCUT2D eigenvalue weighted by Crippen LogP contribution is -2.45. The molecule has 6 heteroatoms. The van der Waals surface area contributed by atoms with Crippen LogP contribution in [-0.4, -0.2) is 53.5 Å². The number of carbonyl (C=O) groups excluding carboxylic acids is 1. The molecule has 0 bridgehead atoms. The van der Waals surface area contributed by atoms with Gasteiger partial charge in [0.2, 0.25) is 5.88 Å². The zero-order chi connectivity index (χ0) is 20.1. The molecule has 1 atom stereocenters. The SMILES string of the molecule is COc1cc(C(=O)N2CCCN(Cc3ccc(F)cc3)[C@@H](C(C)C)C2)ccn1. The highest BCUT2D eigenvalue weighted by Crippen LogP contribution is 2.22.